The number of nitrogens with one attached hydrogen (secondary N) is 2. The van der Waals surface area contributed by atoms with Crippen molar-refractivity contribution < 1.29 is 34.7 Å². The number of halogens is 4. The van der Waals surface area contributed by atoms with E-state index in [2.05, 4.69) is 0 Å². The minimum atomic E-state index is -4.39. The molecule has 34 heavy (non-hydrogen) atoms. The molecule has 3 aromatic rings. The number of anilines is 2. The van der Waals surface area contributed by atoms with Gasteiger partial charge >= 0.3 is 0 Å². The highest BCUT2D eigenvalue weighted by Gasteiger charge is 2.19. The van der Waals surface area contributed by atoms with Gasteiger partial charge in [-0.1, -0.05) is 6.07 Å². The first-order chi connectivity index (χ1) is 15.7. The van der Waals surface area contributed by atoms with Crippen molar-refractivity contribution in [3.8, 4) is 11.5 Å². The highest BCUT2D eigenvalue weighted by atomic mass is 127. The highest BCUT2D eigenvalue weighted by molar-refractivity contribution is 14.1. The van der Waals surface area contributed by atoms with E-state index in [0.29, 0.717) is 3.57 Å². The largest absolute Gasteiger partial charge is 0.455 e. The van der Waals surface area contributed by atoms with E-state index in [9.17, 15) is 30.0 Å². The van der Waals surface area contributed by atoms with Crippen molar-refractivity contribution in [1.29, 1.82) is 0 Å². The molecule has 0 bridgehead atoms. The summed E-state index contributed by atoms with van der Waals surface area (Å²) in [5.41, 5.74) is -0.754. The topological polar surface area (TPSA) is 154 Å². The molecule has 0 saturated heterocycles. The van der Waals surface area contributed by atoms with Crippen LogP contribution in [0, 0.1) is 21.0 Å². The van der Waals surface area contributed by atoms with Gasteiger partial charge in [0, 0.05) is 22.1 Å². The second-order valence-corrected chi connectivity index (χ2v) is 10.7. The first-order valence-corrected chi connectivity index (χ1v) is 13.2. The van der Waals surface area contributed by atoms with Crippen LogP contribution in [0.1, 0.15) is 11.1 Å². The van der Waals surface area contributed by atoms with Gasteiger partial charge in [0.2, 0.25) is 0 Å². The summed E-state index contributed by atoms with van der Waals surface area (Å²) in [5, 5.41) is 9.94. The lowest BCUT2D eigenvalue weighted by Gasteiger charge is -2.17. The number of hydrogen-bond acceptors (Lipinski definition) is 5. The summed E-state index contributed by atoms with van der Waals surface area (Å²) in [4.78, 5) is 0. The van der Waals surface area contributed by atoms with Crippen molar-refractivity contribution in [3.63, 3.8) is 0 Å². The van der Waals surface area contributed by atoms with Crippen molar-refractivity contribution in [3.05, 3.63) is 80.7 Å². The van der Waals surface area contributed by atoms with E-state index >= 15 is 0 Å². The van der Waals surface area contributed by atoms with Gasteiger partial charge in [-0.15, -0.1) is 0 Å². The third-order valence-corrected chi connectivity index (χ3v) is 5.87. The molecule has 182 valence electrons. The number of benzene rings is 3. The Hall–Kier alpha value is -2.60. The third kappa shape index (κ3) is 7.20. The van der Waals surface area contributed by atoms with E-state index in [1.807, 2.05) is 27.3 Å². The van der Waals surface area contributed by atoms with Gasteiger partial charge in [0.05, 0.1) is 11.4 Å². The molecule has 0 unspecified atom stereocenters. The summed E-state index contributed by atoms with van der Waals surface area (Å²) in [5.74, 6) is -3.05. The van der Waals surface area contributed by atoms with E-state index in [0.717, 1.165) is 30.3 Å². The molecule has 9 nitrogen and oxygen atoms in total. The predicted molar refractivity (Wildman–Crippen MR) is 128 cm³/mol. The molecule has 0 saturated carbocycles. The molecule has 0 aliphatic heterocycles. The van der Waals surface area contributed by atoms with E-state index < -0.39 is 49.3 Å². The van der Waals surface area contributed by atoms with E-state index in [1.54, 1.807) is 10.8 Å². The Morgan fingerprint density at radius 1 is 0.824 bits per heavy atom. The van der Waals surface area contributed by atoms with Crippen LogP contribution in [0.2, 0.25) is 0 Å². The van der Waals surface area contributed by atoms with E-state index in [1.165, 1.54) is 12.1 Å². The fraction of sp³-hybridized carbons (Fsp3) is 0.0526. The lowest BCUT2D eigenvalue weighted by atomic mass is 10.0. The quantitative estimate of drug-likeness (QED) is 0.282. The zero-order valence-corrected chi connectivity index (χ0v) is 20.6. The Morgan fingerprint density at radius 2 is 1.50 bits per heavy atom. The molecule has 0 atom stereocenters. The SMILES string of the molecule is NS(=O)(=O)Nc1cc(Oc2cc(F)cc(Cc3ccc(I)cc3F)c2NS(N)(=O)=O)ccc1F. The lowest BCUT2D eigenvalue weighted by molar-refractivity contribution is 0.476. The highest BCUT2D eigenvalue weighted by Crippen LogP contribution is 2.37. The second kappa shape index (κ2) is 9.95. The van der Waals surface area contributed by atoms with Crippen molar-refractivity contribution in [1.82, 2.24) is 0 Å². The van der Waals surface area contributed by atoms with E-state index in [4.69, 9.17) is 15.0 Å². The minimum Gasteiger partial charge on any atom is -0.455 e. The maximum atomic E-state index is 14.4. The molecule has 15 heteroatoms. The fourth-order valence-electron chi connectivity index (χ4n) is 2.91. The zero-order valence-electron chi connectivity index (χ0n) is 16.9. The molecule has 0 aliphatic carbocycles. The van der Waals surface area contributed by atoms with Gasteiger partial charge in [0.25, 0.3) is 20.4 Å². The maximum absolute atomic E-state index is 14.4. The average molecular weight is 628 g/mol. The molecule has 0 amide bonds. The van der Waals surface area contributed by atoms with Crippen molar-refractivity contribution in [2.75, 3.05) is 9.44 Å². The van der Waals surface area contributed by atoms with Gasteiger partial charge in [0.15, 0.2) is 5.75 Å². The molecular weight excluding hydrogens is 612 g/mol. The monoisotopic (exact) mass is 628 g/mol. The van der Waals surface area contributed by atoms with Crippen molar-refractivity contribution in [2.24, 2.45) is 10.3 Å². The smallest absolute Gasteiger partial charge is 0.296 e. The van der Waals surface area contributed by atoms with Crippen LogP contribution in [0.4, 0.5) is 24.5 Å². The normalized spacial score (nSPS) is 11.8. The van der Waals surface area contributed by atoms with Gasteiger partial charge in [-0.25, -0.2) is 23.4 Å². The van der Waals surface area contributed by atoms with E-state index in [-0.39, 0.29) is 29.0 Å². The van der Waals surface area contributed by atoms with Crippen LogP contribution in [0.25, 0.3) is 0 Å². The Balaban J connectivity index is 2.09. The van der Waals surface area contributed by atoms with Crippen LogP contribution in [-0.4, -0.2) is 16.8 Å². The fourth-order valence-corrected chi connectivity index (χ4v) is 4.34. The van der Waals surface area contributed by atoms with Gasteiger partial charge in [-0.2, -0.15) is 16.8 Å². The Morgan fingerprint density at radius 3 is 2.12 bits per heavy atom. The van der Waals surface area contributed by atoms with Crippen LogP contribution in [-0.2, 0) is 26.8 Å². The summed E-state index contributed by atoms with van der Waals surface area (Å²) >= 11 is 1.91. The number of ether oxygens (including phenoxy) is 1. The molecule has 0 aromatic heterocycles. The first-order valence-electron chi connectivity index (χ1n) is 9.05. The lowest BCUT2D eigenvalue weighted by Crippen LogP contribution is -2.23. The second-order valence-electron chi connectivity index (χ2n) is 6.89. The molecule has 0 heterocycles. The third-order valence-electron chi connectivity index (χ3n) is 4.21. The van der Waals surface area contributed by atoms with Crippen molar-refractivity contribution >= 4 is 54.4 Å². The van der Waals surface area contributed by atoms with Gasteiger partial charge in [-0.3, -0.25) is 9.44 Å². The van der Waals surface area contributed by atoms with Crippen LogP contribution in [0.15, 0.2) is 48.5 Å². The zero-order chi connectivity index (χ0) is 25.3. The van der Waals surface area contributed by atoms with Crippen molar-refractivity contribution in [2.45, 2.75) is 6.42 Å². The van der Waals surface area contributed by atoms with Crippen LogP contribution in [0.5, 0.6) is 11.5 Å². The summed E-state index contributed by atoms with van der Waals surface area (Å²) < 4.78 is 98.6. The molecule has 0 spiro atoms. The van der Waals surface area contributed by atoms with Gasteiger partial charge < -0.3 is 4.74 Å². The molecule has 0 aliphatic rings. The Kier molecular flexibility index (Phi) is 7.61. The number of rotatable bonds is 8. The maximum Gasteiger partial charge on any atom is 0.296 e. The number of hydrogen-bond donors (Lipinski definition) is 4. The van der Waals surface area contributed by atoms with Gasteiger partial charge in [0.1, 0.15) is 23.2 Å². The average Bonchev–Trinajstić information content (AvgIpc) is 2.67. The predicted octanol–water partition coefficient (Wildman–Crippen LogP) is 3.32. The minimum absolute atomic E-state index is 0.0193. The summed E-state index contributed by atoms with van der Waals surface area (Å²) in [7, 11) is -8.72. The molecule has 0 radical (unpaired) electrons. The van der Waals surface area contributed by atoms with Crippen LogP contribution >= 0.6 is 22.6 Å². The molecule has 3 rings (SSSR count). The van der Waals surface area contributed by atoms with Crippen LogP contribution < -0.4 is 24.5 Å². The Labute approximate surface area is 206 Å². The summed E-state index contributed by atoms with van der Waals surface area (Å²) in [6, 6.07) is 8.93. The van der Waals surface area contributed by atoms with Crippen LogP contribution in [0.3, 0.4) is 0 Å². The molecule has 3 aromatic carbocycles. The van der Waals surface area contributed by atoms with Gasteiger partial charge in [-0.05, 0) is 64.0 Å². The molecule has 6 N–H and O–H groups in total. The molecular formula is C19H16F3IN4O5S2. The first kappa shape index (κ1) is 26.0. The number of nitrogens with two attached hydrogens (primary N) is 2. The standard InChI is InChI=1S/C19H16F3IN4O5S2/c20-12-6-11(5-10-1-2-13(23)8-16(10)22)19(27-34(25,30)31)18(7-12)32-14-3-4-15(21)17(9-14)26-33(24,28)29/h1-4,6-9,26-27H,5H2,(H2,24,28,29)(H2,25,30,31). The molecule has 0 fully saturated rings. The summed E-state index contributed by atoms with van der Waals surface area (Å²) in [6.07, 6.45) is -0.240. The summed E-state index contributed by atoms with van der Waals surface area (Å²) in [6.45, 7) is 0. The Bertz CT molecular complexity index is 1470.